The molecule has 1 aliphatic carbocycles. The van der Waals surface area contributed by atoms with Gasteiger partial charge in [0.05, 0.1) is 29.3 Å². The molecule has 30 heavy (non-hydrogen) atoms. The fourth-order valence-corrected chi connectivity index (χ4v) is 4.13. The Balaban J connectivity index is 1.81. The molecule has 1 aromatic rings. The second-order valence-corrected chi connectivity index (χ2v) is 8.15. The number of halogens is 3. The van der Waals surface area contributed by atoms with Crippen LogP contribution in [0.15, 0.2) is 12.1 Å². The number of nitrogens with one attached hydrogen (secondary N) is 2. The third-order valence-electron chi connectivity index (χ3n) is 5.88. The monoisotopic (exact) mass is 428 g/mol. The van der Waals surface area contributed by atoms with E-state index in [0.717, 1.165) is 6.92 Å². The first-order valence-electron chi connectivity index (χ1n) is 10.2. The molecule has 1 amide bonds. The van der Waals surface area contributed by atoms with Crippen molar-refractivity contribution < 1.29 is 22.9 Å². The van der Waals surface area contributed by atoms with Gasteiger partial charge in [0, 0.05) is 24.6 Å². The van der Waals surface area contributed by atoms with Gasteiger partial charge in [-0.2, -0.15) is 0 Å². The van der Waals surface area contributed by atoms with Crippen molar-refractivity contribution in [2.75, 3.05) is 29.9 Å². The summed E-state index contributed by atoms with van der Waals surface area (Å²) in [5.41, 5.74) is 0.550. The number of alkyl halides is 3. The lowest BCUT2D eigenvalue weighted by Crippen LogP contribution is -2.49. The number of anilines is 2. The van der Waals surface area contributed by atoms with E-state index >= 15 is 0 Å². The molecule has 0 radical (unpaired) electrons. The zero-order valence-electron chi connectivity index (χ0n) is 17.1. The second kappa shape index (κ2) is 8.69. The van der Waals surface area contributed by atoms with Gasteiger partial charge in [0.15, 0.2) is 0 Å². The van der Waals surface area contributed by atoms with Gasteiger partial charge in [-0.3, -0.25) is 14.9 Å². The van der Waals surface area contributed by atoms with Gasteiger partial charge < -0.3 is 15.5 Å². The highest BCUT2D eigenvalue weighted by Gasteiger charge is 2.38. The summed E-state index contributed by atoms with van der Waals surface area (Å²) in [7, 11) is 0. The van der Waals surface area contributed by atoms with E-state index in [2.05, 4.69) is 10.6 Å². The fourth-order valence-electron chi connectivity index (χ4n) is 4.13. The van der Waals surface area contributed by atoms with Gasteiger partial charge in [-0.1, -0.05) is 0 Å². The molecule has 1 saturated carbocycles. The first kappa shape index (κ1) is 22.2. The van der Waals surface area contributed by atoms with Gasteiger partial charge in [-0.25, -0.2) is 13.2 Å². The number of hydrogen-bond donors (Lipinski definition) is 2. The van der Waals surface area contributed by atoms with Crippen molar-refractivity contribution in [3.05, 3.63) is 27.8 Å². The number of amides is 1. The average molecular weight is 428 g/mol. The van der Waals surface area contributed by atoms with Crippen molar-refractivity contribution in [3.8, 4) is 0 Å². The SMILES string of the molecule is CCNc1cc(N2CC(F)C2)c(C(=O)NC2CCC(C(C)(F)F)CC2)cc1[N+](=O)[O-]. The minimum atomic E-state index is -2.74. The van der Waals surface area contributed by atoms with E-state index < -0.39 is 28.8 Å². The number of nitro benzene ring substituents is 1. The standard InChI is InChI=1S/C20H27F3N4O3/c1-3-24-16-9-17(26-10-13(21)11-26)15(8-18(16)27(29)30)19(28)25-14-6-4-12(5-7-14)20(2,22)23/h8-9,12-14,24H,3-7,10-11H2,1-2H3,(H,25,28). The normalized spacial score (nSPS) is 22.4. The Morgan fingerprint density at radius 1 is 1.27 bits per heavy atom. The lowest BCUT2D eigenvalue weighted by atomic mass is 9.82. The van der Waals surface area contributed by atoms with Crippen molar-refractivity contribution in [2.45, 2.75) is 57.7 Å². The maximum Gasteiger partial charge on any atom is 0.293 e. The summed E-state index contributed by atoms with van der Waals surface area (Å²) >= 11 is 0. The van der Waals surface area contributed by atoms with E-state index in [-0.39, 0.29) is 36.1 Å². The summed E-state index contributed by atoms with van der Waals surface area (Å²) in [6.07, 6.45) is 0.434. The molecule has 1 aromatic carbocycles. The van der Waals surface area contributed by atoms with E-state index in [0.29, 0.717) is 37.9 Å². The summed E-state index contributed by atoms with van der Waals surface area (Å²) in [5, 5.41) is 17.2. The molecule has 2 N–H and O–H groups in total. The Labute approximate surface area is 173 Å². The summed E-state index contributed by atoms with van der Waals surface area (Å²) < 4.78 is 40.4. The average Bonchev–Trinajstić information content (AvgIpc) is 2.65. The molecule has 2 fully saturated rings. The molecular weight excluding hydrogens is 401 g/mol. The third kappa shape index (κ3) is 4.79. The van der Waals surface area contributed by atoms with E-state index in [9.17, 15) is 28.1 Å². The molecule has 0 unspecified atom stereocenters. The number of rotatable bonds is 7. The van der Waals surface area contributed by atoms with Crippen LogP contribution in [0.4, 0.5) is 30.2 Å². The smallest absolute Gasteiger partial charge is 0.293 e. The topological polar surface area (TPSA) is 87.5 Å². The van der Waals surface area contributed by atoms with E-state index in [1.54, 1.807) is 11.8 Å². The molecule has 3 rings (SSSR count). The predicted molar refractivity (Wildman–Crippen MR) is 108 cm³/mol. The van der Waals surface area contributed by atoms with Crippen LogP contribution in [0.25, 0.3) is 0 Å². The molecule has 1 heterocycles. The minimum absolute atomic E-state index is 0.0956. The first-order chi connectivity index (χ1) is 14.1. The largest absolute Gasteiger partial charge is 0.380 e. The third-order valence-corrected chi connectivity index (χ3v) is 5.88. The molecule has 1 aliphatic heterocycles. The summed E-state index contributed by atoms with van der Waals surface area (Å²) in [6, 6.07) is 2.44. The van der Waals surface area contributed by atoms with Crippen LogP contribution in [-0.2, 0) is 0 Å². The molecule has 10 heteroatoms. The second-order valence-electron chi connectivity index (χ2n) is 8.15. The molecule has 0 atom stereocenters. The number of benzene rings is 1. The molecule has 7 nitrogen and oxygen atoms in total. The molecule has 166 valence electrons. The van der Waals surface area contributed by atoms with Gasteiger partial charge in [0.2, 0.25) is 5.92 Å². The van der Waals surface area contributed by atoms with Crippen LogP contribution in [0.1, 0.15) is 49.9 Å². The van der Waals surface area contributed by atoms with E-state index in [1.165, 1.54) is 12.1 Å². The highest BCUT2D eigenvalue weighted by molar-refractivity contribution is 6.02. The molecule has 0 spiro atoms. The Kier molecular flexibility index (Phi) is 6.42. The van der Waals surface area contributed by atoms with Crippen molar-refractivity contribution in [1.29, 1.82) is 0 Å². The molecule has 2 aliphatic rings. The predicted octanol–water partition coefficient (Wildman–Crippen LogP) is 4.13. The van der Waals surface area contributed by atoms with Crippen LogP contribution in [0.2, 0.25) is 0 Å². The maximum absolute atomic E-state index is 13.5. The summed E-state index contributed by atoms with van der Waals surface area (Å²) in [5.74, 6) is -3.96. The Morgan fingerprint density at radius 3 is 2.40 bits per heavy atom. The van der Waals surface area contributed by atoms with E-state index in [4.69, 9.17) is 0 Å². The van der Waals surface area contributed by atoms with Crippen LogP contribution < -0.4 is 15.5 Å². The van der Waals surface area contributed by atoms with Gasteiger partial charge in [0.25, 0.3) is 11.6 Å². The van der Waals surface area contributed by atoms with Crippen LogP contribution in [0, 0.1) is 16.0 Å². The van der Waals surface area contributed by atoms with E-state index in [1.807, 2.05) is 0 Å². The summed E-state index contributed by atoms with van der Waals surface area (Å²) in [6.45, 7) is 3.38. The number of carbonyl (C=O) groups is 1. The van der Waals surface area contributed by atoms with Crippen LogP contribution in [-0.4, -0.2) is 48.6 Å². The van der Waals surface area contributed by atoms with Gasteiger partial charge >= 0.3 is 0 Å². The molecule has 1 saturated heterocycles. The Morgan fingerprint density at radius 2 is 1.90 bits per heavy atom. The molecular formula is C20H27F3N4O3. The van der Waals surface area contributed by atoms with Crippen molar-refractivity contribution in [1.82, 2.24) is 5.32 Å². The summed E-state index contributed by atoms with van der Waals surface area (Å²) in [4.78, 5) is 25.6. The molecule has 0 bridgehead atoms. The number of carbonyl (C=O) groups excluding carboxylic acids is 1. The Bertz CT molecular complexity index is 801. The lowest BCUT2D eigenvalue weighted by Gasteiger charge is -2.38. The zero-order valence-corrected chi connectivity index (χ0v) is 17.1. The van der Waals surface area contributed by atoms with Crippen molar-refractivity contribution in [2.24, 2.45) is 5.92 Å². The van der Waals surface area contributed by atoms with Gasteiger partial charge in [0.1, 0.15) is 11.9 Å². The highest BCUT2D eigenvalue weighted by Crippen LogP contribution is 2.38. The van der Waals surface area contributed by atoms with Crippen LogP contribution in [0.5, 0.6) is 0 Å². The fraction of sp³-hybridized carbons (Fsp3) is 0.650. The van der Waals surface area contributed by atoms with Crippen molar-refractivity contribution >= 4 is 23.0 Å². The number of nitro groups is 1. The lowest BCUT2D eigenvalue weighted by molar-refractivity contribution is -0.384. The number of nitrogens with zero attached hydrogens (tertiary/aromatic N) is 2. The molecule has 0 aromatic heterocycles. The highest BCUT2D eigenvalue weighted by atomic mass is 19.3. The maximum atomic E-state index is 13.5. The van der Waals surface area contributed by atoms with Crippen molar-refractivity contribution in [3.63, 3.8) is 0 Å². The van der Waals surface area contributed by atoms with Crippen LogP contribution >= 0.6 is 0 Å². The van der Waals surface area contributed by atoms with Gasteiger partial charge in [-0.05, 0) is 45.6 Å². The Hall–Kier alpha value is -2.52. The zero-order chi connectivity index (χ0) is 22.1. The van der Waals surface area contributed by atoms with Crippen LogP contribution in [0.3, 0.4) is 0 Å². The van der Waals surface area contributed by atoms with Gasteiger partial charge in [-0.15, -0.1) is 0 Å². The quantitative estimate of drug-likeness (QED) is 0.504. The first-order valence-corrected chi connectivity index (χ1v) is 10.2. The number of hydrogen-bond acceptors (Lipinski definition) is 5. The minimum Gasteiger partial charge on any atom is -0.380 e.